The Labute approximate surface area is 97.3 Å². The third-order valence-electron chi connectivity index (χ3n) is 3.09. The maximum absolute atomic E-state index is 10.7. The zero-order valence-electron chi connectivity index (χ0n) is 8.83. The van der Waals surface area contributed by atoms with E-state index >= 15 is 0 Å². The number of nitro benzene ring substituents is 1. The highest BCUT2D eigenvalue weighted by Gasteiger charge is 2.28. The molecule has 0 fully saturated rings. The predicted octanol–water partition coefficient (Wildman–Crippen LogP) is 2.66. The van der Waals surface area contributed by atoms with Crippen LogP contribution in [0.4, 0.5) is 5.69 Å². The highest BCUT2D eigenvalue weighted by Crippen LogP contribution is 2.44. The second-order valence-corrected chi connectivity index (χ2v) is 4.02. The van der Waals surface area contributed by atoms with E-state index in [9.17, 15) is 15.2 Å². The molecule has 4 nitrogen and oxygen atoms in total. The number of benzene rings is 2. The van der Waals surface area contributed by atoms with Gasteiger partial charge in [0.25, 0.3) is 5.69 Å². The smallest absolute Gasteiger partial charge is 0.269 e. The van der Waals surface area contributed by atoms with Crippen LogP contribution in [0, 0.1) is 10.1 Å². The van der Waals surface area contributed by atoms with Gasteiger partial charge in [-0.1, -0.05) is 24.3 Å². The lowest BCUT2D eigenvalue weighted by Crippen LogP contribution is -1.95. The van der Waals surface area contributed by atoms with Crippen LogP contribution in [0.1, 0.15) is 17.2 Å². The summed E-state index contributed by atoms with van der Waals surface area (Å²) in [7, 11) is 0. The van der Waals surface area contributed by atoms with Gasteiger partial charge in [-0.2, -0.15) is 0 Å². The Bertz CT molecular complexity index is 622. The summed E-state index contributed by atoms with van der Waals surface area (Å²) in [6.45, 7) is 0. The lowest BCUT2D eigenvalue weighted by molar-refractivity contribution is -0.384. The predicted molar refractivity (Wildman–Crippen MR) is 62.6 cm³/mol. The van der Waals surface area contributed by atoms with Crippen LogP contribution in [0.3, 0.4) is 0 Å². The number of non-ortho nitro benzene ring substituents is 1. The van der Waals surface area contributed by atoms with Crippen LogP contribution in [0.2, 0.25) is 0 Å². The van der Waals surface area contributed by atoms with E-state index in [1.807, 2.05) is 24.3 Å². The minimum Gasteiger partial charge on any atom is -0.384 e. The Balaban J connectivity index is 2.24. The van der Waals surface area contributed by atoms with Gasteiger partial charge in [0.2, 0.25) is 0 Å². The average molecular weight is 227 g/mol. The molecule has 1 aliphatic rings. The zero-order chi connectivity index (χ0) is 12.0. The van der Waals surface area contributed by atoms with Gasteiger partial charge >= 0.3 is 0 Å². The summed E-state index contributed by atoms with van der Waals surface area (Å²) in [6.07, 6.45) is -0.763. The first-order chi connectivity index (χ1) is 8.18. The molecule has 17 heavy (non-hydrogen) atoms. The van der Waals surface area contributed by atoms with Crippen LogP contribution in [-0.4, -0.2) is 10.0 Å². The molecule has 0 spiro atoms. The molecule has 4 heteroatoms. The van der Waals surface area contributed by atoms with Gasteiger partial charge in [0, 0.05) is 12.1 Å². The summed E-state index contributed by atoms with van der Waals surface area (Å²) in [4.78, 5) is 10.3. The standard InChI is InChI=1S/C13H9NO3/c15-13-11-4-2-1-3-9(11)10-6-5-8(14(16)17)7-12(10)13/h1-7,13,15H/t13-/m0/s1. The average Bonchev–Trinajstić information content (AvgIpc) is 2.64. The van der Waals surface area contributed by atoms with Gasteiger partial charge in [0.05, 0.1) is 4.92 Å². The molecule has 2 aromatic rings. The van der Waals surface area contributed by atoms with Gasteiger partial charge in [-0.3, -0.25) is 10.1 Å². The van der Waals surface area contributed by atoms with Gasteiger partial charge in [0.15, 0.2) is 0 Å². The van der Waals surface area contributed by atoms with Crippen LogP contribution < -0.4 is 0 Å². The quantitative estimate of drug-likeness (QED) is 0.601. The highest BCUT2D eigenvalue weighted by molar-refractivity contribution is 5.79. The molecular weight excluding hydrogens is 218 g/mol. The number of aliphatic hydroxyl groups is 1. The number of hydrogen-bond donors (Lipinski definition) is 1. The number of nitrogens with zero attached hydrogens (tertiary/aromatic N) is 1. The minimum atomic E-state index is -0.763. The van der Waals surface area contributed by atoms with Crippen molar-refractivity contribution in [2.75, 3.05) is 0 Å². The molecule has 1 N–H and O–H groups in total. The number of aliphatic hydroxyl groups excluding tert-OH is 1. The van der Waals surface area contributed by atoms with Crippen molar-refractivity contribution in [3.63, 3.8) is 0 Å². The third-order valence-corrected chi connectivity index (χ3v) is 3.09. The summed E-state index contributed by atoms with van der Waals surface area (Å²) in [5.74, 6) is 0. The topological polar surface area (TPSA) is 63.4 Å². The van der Waals surface area contributed by atoms with E-state index in [-0.39, 0.29) is 5.69 Å². The summed E-state index contributed by atoms with van der Waals surface area (Å²) >= 11 is 0. The summed E-state index contributed by atoms with van der Waals surface area (Å²) < 4.78 is 0. The van der Waals surface area contributed by atoms with Crippen molar-refractivity contribution in [1.29, 1.82) is 0 Å². The molecule has 0 radical (unpaired) electrons. The molecule has 0 heterocycles. The summed E-state index contributed by atoms with van der Waals surface area (Å²) in [6, 6.07) is 12.1. The lowest BCUT2D eigenvalue weighted by Gasteiger charge is -2.04. The van der Waals surface area contributed by atoms with Gasteiger partial charge in [0.1, 0.15) is 6.10 Å². The Hall–Kier alpha value is -2.20. The molecule has 0 saturated heterocycles. The van der Waals surface area contributed by atoms with Gasteiger partial charge < -0.3 is 5.11 Å². The molecule has 0 aliphatic heterocycles. The van der Waals surface area contributed by atoms with E-state index in [2.05, 4.69) is 0 Å². The first kappa shape index (κ1) is 9.99. The summed E-state index contributed by atoms with van der Waals surface area (Å²) in [5.41, 5.74) is 3.25. The van der Waals surface area contributed by atoms with Crippen molar-refractivity contribution in [3.05, 3.63) is 63.7 Å². The zero-order valence-corrected chi connectivity index (χ0v) is 8.83. The lowest BCUT2D eigenvalue weighted by atomic mass is 10.1. The number of nitro groups is 1. The minimum absolute atomic E-state index is 0.00982. The van der Waals surface area contributed by atoms with Crippen LogP contribution in [0.25, 0.3) is 11.1 Å². The van der Waals surface area contributed by atoms with Gasteiger partial charge in [-0.15, -0.1) is 0 Å². The molecule has 0 saturated carbocycles. The van der Waals surface area contributed by atoms with Crippen molar-refractivity contribution < 1.29 is 10.0 Å². The molecular formula is C13H9NO3. The van der Waals surface area contributed by atoms with Crippen LogP contribution in [0.15, 0.2) is 42.5 Å². The normalized spacial score (nSPS) is 16.4. The molecule has 1 atom stereocenters. The molecule has 0 unspecified atom stereocenters. The Morgan fingerprint density at radius 1 is 1.06 bits per heavy atom. The maximum Gasteiger partial charge on any atom is 0.269 e. The first-order valence-electron chi connectivity index (χ1n) is 5.24. The Morgan fingerprint density at radius 2 is 1.76 bits per heavy atom. The van der Waals surface area contributed by atoms with Crippen molar-refractivity contribution in [2.24, 2.45) is 0 Å². The van der Waals surface area contributed by atoms with E-state index < -0.39 is 11.0 Å². The molecule has 2 aromatic carbocycles. The van der Waals surface area contributed by atoms with Crippen molar-refractivity contribution in [3.8, 4) is 11.1 Å². The second-order valence-electron chi connectivity index (χ2n) is 4.02. The molecule has 0 bridgehead atoms. The van der Waals surface area contributed by atoms with Crippen molar-refractivity contribution in [2.45, 2.75) is 6.10 Å². The number of fused-ring (bicyclic) bond motifs is 3. The fourth-order valence-electron chi connectivity index (χ4n) is 2.28. The van der Waals surface area contributed by atoms with E-state index in [4.69, 9.17) is 0 Å². The molecule has 3 rings (SSSR count). The van der Waals surface area contributed by atoms with E-state index in [0.29, 0.717) is 5.56 Å². The molecule has 0 aromatic heterocycles. The maximum atomic E-state index is 10.7. The largest absolute Gasteiger partial charge is 0.384 e. The first-order valence-corrected chi connectivity index (χ1v) is 5.24. The Morgan fingerprint density at radius 3 is 2.53 bits per heavy atom. The Kier molecular flexibility index (Phi) is 2.00. The SMILES string of the molecule is O=[N+]([O-])c1ccc2c(c1)[C@@H](O)c1ccccc1-2. The monoisotopic (exact) mass is 227 g/mol. The van der Waals surface area contributed by atoms with Crippen molar-refractivity contribution >= 4 is 5.69 Å². The van der Waals surface area contributed by atoms with Gasteiger partial charge in [-0.05, 0) is 28.3 Å². The van der Waals surface area contributed by atoms with Crippen LogP contribution >= 0.6 is 0 Å². The summed E-state index contributed by atoms with van der Waals surface area (Å²) in [5, 5.41) is 20.8. The van der Waals surface area contributed by atoms with Gasteiger partial charge in [-0.25, -0.2) is 0 Å². The number of hydrogen-bond acceptors (Lipinski definition) is 3. The highest BCUT2D eigenvalue weighted by atomic mass is 16.6. The molecule has 84 valence electrons. The van der Waals surface area contributed by atoms with Crippen molar-refractivity contribution in [1.82, 2.24) is 0 Å². The van der Waals surface area contributed by atoms with Crippen LogP contribution in [0.5, 0.6) is 0 Å². The number of rotatable bonds is 1. The second kappa shape index (κ2) is 3.40. The fourth-order valence-corrected chi connectivity index (χ4v) is 2.28. The van der Waals surface area contributed by atoms with E-state index in [1.165, 1.54) is 12.1 Å². The third kappa shape index (κ3) is 1.34. The molecule has 0 amide bonds. The fraction of sp³-hybridized carbons (Fsp3) is 0.0769. The van der Waals surface area contributed by atoms with E-state index in [1.54, 1.807) is 6.07 Å². The van der Waals surface area contributed by atoms with E-state index in [0.717, 1.165) is 16.7 Å². The molecule has 1 aliphatic carbocycles. The van der Waals surface area contributed by atoms with Crippen LogP contribution in [-0.2, 0) is 0 Å².